The topological polar surface area (TPSA) is 99.1 Å². The smallest absolute Gasteiger partial charge is 0.407 e. The predicted molar refractivity (Wildman–Crippen MR) is 78.9 cm³/mol. The van der Waals surface area contributed by atoms with E-state index in [4.69, 9.17) is 4.55 Å². The van der Waals surface area contributed by atoms with E-state index in [0.717, 1.165) is 9.87 Å². The van der Waals surface area contributed by atoms with Gasteiger partial charge in [0, 0.05) is 13.6 Å². The second-order valence-corrected chi connectivity index (χ2v) is 5.63. The molecule has 21 heavy (non-hydrogen) atoms. The highest BCUT2D eigenvalue weighted by atomic mass is 32.2. The Morgan fingerprint density at radius 2 is 2.05 bits per heavy atom. The summed E-state index contributed by atoms with van der Waals surface area (Å²) in [6.45, 7) is -0.0649. The second-order valence-electron chi connectivity index (χ2n) is 4.54. The van der Waals surface area contributed by atoms with Gasteiger partial charge in [0.05, 0.1) is 19.3 Å². The van der Waals surface area contributed by atoms with Crippen molar-refractivity contribution in [2.45, 2.75) is 18.6 Å². The lowest BCUT2D eigenvalue weighted by Gasteiger charge is -2.26. The molecule has 0 aliphatic carbocycles. The van der Waals surface area contributed by atoms with E-state index in [2.05, 4.69) is 10.1 Å². The van der Waals surface area contributed by atoms with Crippen LogP contribution in [0, 0.1) is 0 Å². The fourth-order valence-electron chi connectivity index (χ4n) is 1.82. The van der Waals surface area contributed by atoms with E-state index in [0.29, 0.717) is 6.42 Å². The summed E-state index contributed by atoms with van der Waals surface area (Å²) in [4.78, 5) is 11.4. The van der Waals surface area contributed by atoms with Gasteiger partial charge in [-0.3, -0.25) is 4.55 Å². The van der Waals surface area contributed by atoms with E-state index in [9.17, 15) is 14.1 Å². The van der Waals surface area contributed by atoms with Crippen LogP contribution in [0.5, 0.6) is 0 Å². The Kier molecular flexibility index (Phi) is 7.30. The van der Waals surface area contributed by atoms with E-state index in [1.807, 2.05) is 30.3 Å². The molecule has 1 aromatic carbocycles. The molecule has 0 heterocycles. The number of rotatable bonds is 7. The molecular formula is C13H20N2O5S. The predicted octanol–water partition coefficient (Wildman–Crippen LogP) is 0.383. The Hall–Kier alpha value is -1.48. The number of aliphatic hydroxyl groups excluding tert-OH is 1. The van der Waals surface area contributed by atoms with Crippen LogP contribution in [0.3, 0.4) is 0 Å². The molecule has 0 saturated carbocycles. The number of alkyl carbamates (subject to hydrolysis) is 1. The van der Waals surface area contributed by atoms with Crippen LogP contribution in [0.1, 0.15) is 5.56 Å². The first-order valence-corrected chi connectivity index (χ1v) is 7.39. The lowest BCUT2D eigenvalue weighted by Crippen LogP contribution is -2.49. The van der Waals surface area contributed by atoms with E-state index in [-0.39, 0.29) is 6.54 Å². The number of nitrogens with one attached hydrogen (secondary N) is 1. The molecule has 0 radical (unpaired) electrons. The van der Waals surface area contributed by atoms with Crippen molar-refractivity contribution in [2.24, 2.45) is 0 Å². The van der Waals surface area contributed by atoms with Crippen molar-refractivity contribution >= 4 is 17.4 Å². The summed E-state index contributed by atoms with van der Waals surface area (Å²) in [5.41, 5.74) is 0.922. The Bertz CT molecular complexity index is 471. The van der Waals surface area contributed by atoms with Crippen molar-refractivity contribution in [1.82, 2.24) is 9.62 Å². The molecule has 3 atom stereocenters. The summed E-state index contributed by atoms with van der Waals surface area (Å²) < 4.78 is 25.5. The van der Waals surface area contributed by atoms with Crippen LogP contribution in [-0.2, 0) is 22.4 Å². The SMILES string of the molecule is COC(=O)N[C@@H](Cc1ccccc1)[C@H](O)CN(C)S(=O)O. The van der Waals surface area contributed by atoms with Crippen molar-refractivity contribution < 1.29 is 23.4 Å². The summed E-state index contributed by atoms with van der Waals surface area (Å²) >= 11 is -2.18. The molecule has 0 aliphatic heterocycles. The number of hydrogen-bond acceptors (Lipinski definition) is 4. The largest absolute Gasteiger partial charge is 0.453 e. The maximum absolute atomic E-state index is 11.4. The van der Waals surface area contributed by atoms with Crippen LogP contribution in [0.2, 0.25) is 0 Å². The number of benzene rings is 1. The third-order valence-corrected chi connectivity index (χ3v) is 3.64. The molecule has 0 saturated heterocycles. The standard InChI is InChI=1S/C13H20N2O5S/c1-15(21(18)19)9-12(16)11(14-13(17)20-2)8-10-6-4-3-5-7-10/h3-7,11-12,16H,8-9H2,1-2H3,(H,14,17)(H,18,19)/t11-,12+/m0/s1. The van der Waals surface area contributed by atoms with Crippen LogP contribution in [0.25, 0.3) is 0 Å². The fourth-order valence-corrected chi connectivity index (χ4v) is 2.10. The van der Waals surface area contributed by atoms with Crippen LogP contribution in [0.15, 0.2) is 30.3 Å². The zero-order valence-corrected chi connectivity index (χ0v) is 12.7. The molecule has 0 bridgehead atoms. The van der Waals surface area contributed by atoms with Gasteiger partial charge in [0.1, 0.15) is 0 Å². The normalized spacial score (nSPS) is 15.3. The highest BCUT2D eigenvalue weighted by molar-refractivity contribution is 7.76. The molecule has 0 aromatic heterocycles. The first-order chi connectivity index (χ1) is 9.93. The molecule has 3 N–H and O–H groups in total. The number of likely N-dealkylation sites (N-methyl/N-ethyl adjacent to an activating group) is 1. The number of nitrogens with zero attached hydrogens (tertiary/aromatic N) is 1. The zero-order chi connectivity index (χ0) is 15.8. The van der Waals surface area contributed by atoms with Crippen molar-refractivity contribution in [3.8, 4) is 0 Å². The molecule has 7 nitrogen and oxygen atoms in total. The average Bonchev–Trinajstić information content (AvgIpc) is 2.47. The first kappa shape index (κ1) is 17.6. The Labute approximate surface area is 126 Å². The van der Waals surface area contributed by atoms with Gasteiger partial charge in [-0.1, -0.05) is 30.3 Å². The maximum Gasteiger partial charge on any atom is 0.407 e. The third-order valence-electron chi connectivity index (χ3n) is 2.96. The highest BCUT2D eigenvalue weighted by Gasteiger charge is 2.24. The molecule has 0 fully saturated rings. The monoisotopic (exact) mass is 316 g/mol. The summed E-state index contributed by atoms with van der Waals surface area (Å²) in [6, 6.07) is 8.67. The summed E-state index contributed by atoms with van der Waals surface area (Å²) in [5.74, 6) is 0. The molecule has 1 aromatic rings. The minimum Gasteiger partial charge on any atom is -0.453 e. The summed E-state index contributed by atoms with van der Waals surface area (Å²) in [7, 11) is 2.63. The fraction of sp³-hybridized carbons (Fsp3) is 0.462. The molecule has 1 amide bonds. The number of hydrogen-bond donors (Lipinski definition) is 3. The van der Waals surface area contributed by atoms with Crippen LogP contribution < -0.4 is 5.32 Å². The van der Waals surface area contributed by atoms with Gasteiger partial charge in [-0.25, -0.2) is 13.3 Å². The van der Waals surface area contributed by atoms with Gasteiger partial charge in [0.15, 0.2) is 0 Å². The van der Waals surface area contributed by atoms with Crippen LogP contribution >= 0.6 is 0 Å². The third kappa shape index (κ3) is 6.21. The van der Waals surface area contributed by atoms with E-state index < -0.39 is 29.5 Å². The molecular weight excluding hydrogens is 296 g/mol. The molecule has 0 spiro atoms. The average molecular weight is 316 g/mol. The molecule has 118 valence electrons. The van der Waals surface area contributed by atoms with Gasteiger partial charge in [-0.15, -0.1) is 0 Å². The van der Waals surface area contributed by atoms with Gasteiger partial charge in [-0.2, -0.15) is 0 Å². The Morgan fingerprint density at radius 3 is 2.57 bits per heavy atom. The molecule has 8 heteroatoms. The first-order valence-electron chi connectivity index (χ1n) is 6.32. The van der Waals surface area contributed by atoms with Crippen LogP contribution in [-0.4, -0.2) is 57.1 Å². The lowest BCUT2D eigenvalue weighted by molar-refractivity contribution is 0.100. The zero-order valence-electron chi connectivity index (χ0n) is 11.9. The minimum atomic E-state index is -2.18. The maximum atomic E-state index is 11.4. The minimum absolute atomic E-state index is 0.0649. The second kappa shape index (κ2) is 8.73. The van der Waals surface area contributed by atoms with Crippen LogP contribution in [0.4, 0.5) is 4.79 Å². The molecule has 0 aliphatic rings. The number of ether oxygens (including phenoxy) is 1. The van der Waals surface area contributed by atoms with Crippen molar-refractivity contribution in [3.05, 3.63) is 35.9 Å². The number of carbonyl (C=O) groups excluding carboxylic acids is 1. The summed E-state index contributed by atoms with van der Waals surface area (Å²) in [6.07, 6.45) is -1.31. The lowest BCUT2D eigenvalue weighted by atomic mass is 10.0. The van der Waals surface area contributed by atoms with E-state index in [1.54, 1.807) is 0 Å². The van der Waals surface area contributed by atoms with Gasteiger partial charge in [0.2, 0.25) is 11.3 Å². The van der Waals surface area contributed by atoms with E-state index >= 15 is 0 Å². The van der Waals surface area contributed by atoms with Gasteiger partial charge >= 0.3 is 6.09 Å². The van der Waals surface area contributed by atoms with Crippen molar-refractivity contribution in [1.29, 1.82) is 0 Å². The van der Waals surface area contributed by atoms with Crippen molar-refractivity contribution in [3.63, 3.8) is 0 Å². The highest BCUT2D eigenvalue weighted by Crippen LogP contribution is 2.08. The molecule has 1 rings (SSSR count). The van der Waals surface area contributed by atoms with Gasteiger partial charge < -0.3 is 15.2 Å². The van der Waals surface area contributed by atoms with Gasteiger partial charge in [0.25, 0.3) is 0 Å². The number of amides is 1. The Balaban J connectivity index is 2.76. The quantitative estimate of drug-likeness (QED) is 0.632. The van der Waals surface area contributed by atoms with E-state index in [1.165, 1.54) is 14.2 Å². The van der Waals surface area contributed by atoms with Gasteiger partial charge in [-0.05, 0) is 12.0 Å². The molecule has 1 unspecified atom stereocenters. The number of carbonyl (C=O) groups is 1. The number of aliphatic hydroxyl groups is 1. The van der Waals surface area contributed by atoms with Crippen molar-refractivity contribution in [2.75, 3.05) is 20.7 Å². The number of methoxy groups -OCH3 is 1. The summed E-state index contributed by atoms with van der Waals surface area (Å²) in [5, 5.41) is 12.7. The Morgan fingerprint density at radius 1 is 1.43 bits per heavy atom.